The topological polar surface area (TPSA) is 98.1 Å². The molecular formula is C24H20FN5O3S. The molecule has 3 aromatic carbocycles. The van der Waals surface area contributed by atoms with Crippen LogP contribution in [0.25, 0.3) is 17.1 Å². The fraction of sp³-hybridized carbons (Fsp3) is 0.0833. The van der Waals surface area contributed by atoms with Gasteiger partial charge in [0.1, 0.15) is 11.6 Å². The van der Waals surface area contributed by atoms with Crippen LogP contribution in [-0.2, 0) is 4.79 Å². The molecule has 0 aliphatic rings. The fourth-order valence-electron chi connectivity index (χ4n) is 3.09. The maximum absolute atomic E-state index is 13.5. The molecule has 172 valence electrons. The van der Waals surface area contributed by atoms with Crippen molar-refractivity contribution in [2.45, 2.75) is 5.16 Å². The van der Waals surface area contributed by atoms with Gasteiger partial charge in [-0.2, -0.15) is 0 Å². The molecule has 34 heavy (non-hydrogen) atoms. The molecule has 0 fully saturated rings. The number of anilines is 1. The molecule has 2 N–H and O–H groups in total. The van der Waals surface area contributed by atoms with Gasteiger partial charge in [0.25, 0.3) is 0 Å². The summed E-state index contributed by atoms with van der Waals surface area (Å²) >= 11 is 1.11. The van der Waals surface area contributed by atoms with Gasteiger partial charge in [-0.05, 0) is 48.5 Å². The smallest absolute Gasteiger partial charge is 0.325 e. The van der Waals surface area contributed by atoms with E-state index in [4.69, 9.17) is 4.74 Å². The second-order valence-corrected chi connectivity index (χ2v) is 7.95. The first kappa shape index (κ1) is 23.0. The third-order valence-corrected chi connectivity index (χ3v) is 5.61. The number of hydrogen-bond acceptors (Lipinski definition) is 6. The Kier molecular flexibility index (Phi) is 7.19. The maximum atomic E-state index is 13.5. The zero-order valence-corrected chi connectivity index (χ0v) is 18.9. The highest BCUT2D eigenvalue weighted by Gasteiger charge is 2.18. The number of amides is 3. The summed E-state index contributed by atoms with van der Waals surface area (Å²) in [6, 6.07) is 21.4. The van der Waals surface area contributed by atoms with Crippen molar-refractivity contribution < 1.29 is 18.7 Å². The van der Waals surface area contributed by atoms with E-state index in [9.17, 15) is 14.0 Å². The molecule has 0 aliphatic carbocycles. The molecule has 0 saturated carbocycles. The summed E-state index contributed by atoms with van der Waals surface area (Å²) in [5, 5.41) is 13.8. The van der Waals surface area contributed by atoms with Crippen LogP contribution in [0, 0.1) is 5.82 Å². The molecule has 1 aromatic heterocycles. The van der Waals surface area contributed by atoms with Crippen LogP contribution in [0.2, 0.25) is 0 Å². The Morgan fingerprint density at radius 2 is 1.68 bits per heavy atom. The second-order valence-electron chi connectivity index (χ2n) is 7.00. The molecule has 3 amide bonds. The van der Waals surface area contributed by atoms with Crippen molar-refractivity contribution in [2.24, 2.45) is 0 Å². The van der Waals surface area contributed by atoms with Gasteiger partial charge in [-0.3, -0.25) is 14.7 Å². The maximum Gasteiger partial charge on any atom is 0.325 e. The summed E-state index contributed by atoms with van der Waals surface area (Å²) in [6.45, 7) is 0. The van der Waals surface area contributed by atoms with E-state index in [2.05, 4.69) is 20.8 Å². The lowest BCUT2D eigenvalue weighted by atomic mass is 10.2. The number of ether oxygens (including phenoxy) is 1. The van der Waals surface area contributed by atoms with Gasteiger partial charge in [-0.1, -0.05) is 42.1 Å². The lowest BCUT2D eigenvalue weighted by molar-refractivity contribution is -0.117. The minimum Gasteiger partial charge on any atom is -0.497 e. The third-order valence-electron chi connectivity index (χ3n) is 4.68. The Labute approximate surface area is 199 Å². The van der Waals surface area contributed by atoms with Crippen LogP contribution in [0.4, 0.5) is 14.9 Å². The highest BCUT2D eigenvalue weighted by molar-refractivity contribution is 7.99. The Bertz CT molecular complexity index is 1280. The third kappa shape index (κ3) is 5.59. The monoisotopic (exact) mass is 477 g/mol. The van der Waals surface area contributed by atoms with Gasteiger partial charge < -0.3 is 10.1 Å². The lowest BCUT2D eigenvalue weighted by Gasteiger charge is -2.11. The zero-order valence-electron chi connectivity index (χ0n) is 18.1. The van der Waals surface area contributed by atoms with Crippen molar-refractivity contribution in [3.63, 3.8) is 0 Å². The van der Waals surface area contributed by atoms with Crippen molar-refractivity contribution in [1.82, 2.24) is 20.1 Å². The van der Waals surface area contributed by atoms with Gasteiger partial charge in [0, 0.05) is 16.9 Å². The number of benzene rings is 3. The largest absolute Gasteiger partial charge is 0.497 e. The summed E-state index contributed by atoms with van der Waals surface area (Å²) < 4.78 is 20.3. The molecule has 8 nitrogen and oxygen atoms in total. The Hall–Kier alpha value is -4.18. The molecule has 4 rings (SSSR count). The summed E-state index contributed by atoms with van der Waals surface area (Å²) in [6.07, 6.45) is 0. The van der Waals surface area contributed by atoms with Crippen LogP contribution < -0.4 is 15.4 Å². The first-order chi connectivity index (χ1) is 16.5. The number of hydrogen-bond donors (Lipinski definition) is 2. The van der Waals surface area contributed by atoms with E-state index < -0.39 is 11.9 Å². The SMILES string of the molecule is COc1ccc(NC(=O)NC(=O)CSc2nnc(-c3ccccc3)n2-c2ccc(F)cc2)cc1. The van der Waals surface area contributed by atoms with Gasteiger partial charge in [0.05, 0.1) is 12.9 Å². The number of carbonyl (C=O) groups is 2. The van der Waals surface area contributed by atoms with Gasteiger partial charge in [0.2, 0.25) is 5.91 Å². The molecule has 0 saturated heterocycles. The summed E-state index contributed by atoms with van der Waals surface area (Å²) in [5.74, 6) is 0.246. The summed E-state index contributed by atoms with van der Waals surface area (Å²) in [4.78, 5) is 24.5. The first-order valence-corrected chi connectivity index (χ1v) is 11.2. The fourth-order valence-corrected chi connectivity index (χ4v) is 3.84. The molecule has 0 unspecified atom stereocenters. The minimum absolute atomic E-state index is 0.0792. The molecule has 1 heterocycles. The molecular weight excluding hydrogens is 457 g/mol. The number of halogens is 1. The van der Waals surface area contributed by atoms with E-state index in [1.165, 1.54) is 12.1 Å². The summed E-state index contributed by atoms with van der Waals surface area (Å²) in [5.41, 5.74) is 1.97. The molecule has 10 heteroatoms. The number of urea groups is 1. The quantitative estimate of drug-likeness (QED) is 0.380. The highest BCUT2D eigenvalue weighted by Crippen LogP contribution is 2.28. The standard InChI is InChI=1S/C24H20FN5O3S/c1-33-20-13-9-18(10-14-20)26-23(32)27-21(31)15-34-24-29-28-22(16-5-3-2-4-6-16)30(24)19-11-7-17(25)8-12-19/h2-14H,15H2,1H3,(H2,26,27,31,32). The van der Waals surface area contributed by atoms with Gasteiger partial charge in [-0.15, -0.1) is 10.2 Å². The number of methoxy groups -OCH3 is 1. The number of nitrogens with one attached hydrogen (secondary N) is 2. The van der Waals surface area contributed by atoms with E-state index >= 15 is 0 Å². The lowest BCUT2D eigenvalue weighted by Crippen LogP contribution is -2.35. The molecule has 0 bridgehead atoms. The predicted molar refractivity (Wildman–Crippen MR) is 128 cm³/mol. The van der Waals surface area contributed by atoms with Crippen LogP contribution in [0.1, 0.15) is 0 Å². The Balaban J connectivity index is 1.45. The number of rotatable bonds is 7. The Morgan fingerprint density at radius 1 is 0.971 bits per heavy atom. The zero-order chi connectivity index (χ0) is 23.9. The Morgan fingerprint density at radius 3 is 2.35 bits per heavy atom. The van der Waals surface area contributed by atoms with E-state index in [0.29, 0.717) is 28.1 Å². The molecule has 0 atom stereocenters. The average Bonchev–Trinajstić information content (AvgIpc) is 3.28. The number of nitrogens with zero attached hydrogens (tertiary/aromatic N) is 3. The van der Waals surface area contributed by atoms with Crippen LogP contribution in [0.3, 0.4) is 0 Å². The minimum atomic E-state index is -0.652. The first-order valence-electron chi connectivity index (χ1n) is 10.2. The van der Waals surface area contributed by atoms with Crippen molar-refractivity contribution in [2.75, 3.05) is 18.2 Å². The molecule has 4 aromatic rings. The number of carbonyl (C=O) groups excluding carboxylic acids is 2. The van der Waals surface area contributed by atoms with Crippen molar-refractivity contribution >= 4 is 29.4 Å². The van der Waals surface area contributed by atoms with Crippen molar-refractivity contribution in [3.8, 4) is 22.8 Å². The number of thioether (sulfide) groups is 1. The normalized spacial score (nSPS) is 10.5. The number of imide groups is 1. The predicted octanol–water partition coefficient (Wildman–Crippen LogP) is 4.52. The number of aromatic nitrogens is 3. The molecule has 0 spiro atoms. The average molecular weight is 478 g/mol. The van der Waals surface area contributed by atoms with Gasteiger partial charge in [-0.25, -0.2) is 9.18 Å². The highest BCUT2D eigenvalue weighted by atomic mass is 32.2. The van der Waals surface area contributed by atoms with Crippen molar-refractivity contribution in [3.05, 3.63) is 84.7 Å². The van der Waals surface area contributed by atoms with Crippen LogP contribution in [-0.4, -0.2) is 39.6 Å². The van der Waals surface area contributed by atoms with E-state index in [-0.39, 0.29) is 11.6 Å². The van der Waals surface area contributed by atoms with E-state index in [1.807, 2.05) is 30.3 Å². The molecule has 0 aliphatic heterocycles. The van der Waals surface area contributed by atoms with E-state index in [1.54, 1.807) is 48.1 Å². The molecule has 0 radical (unpaired) electrons. The van der Waals surface area contributed by atoms with Crippen molar-refractivity contribution in [1.29, 1.82) is 0 Å². The van der Waals surface area contributed by atoms with Gasteiger partial charge >= 0.3 is 6.03 Å². The second kappa shape index (κ2) is 10.6. The van der Waals surface area contributed by atoms with Gasteiger partial charge in [0.15, 0.2) is 11.0 Å². The van der Waals surface area contributed by atoms with Crippen LogP contribution in [0.5, 0.6) is 5.75 Å². The van der Waals surface area contributed by atoms with Crippen LogP contribution >= 0.6 is 11.8 Å². The van der Waals surface area contributed by atoms with Crippen LogP contribution in [0.15, 0.2) is 84.0 Å². The summed E-state index contributed by atoms with van der Waals surface area (Å²) in [7, 11) is 1.55. The van der Waals surface area contributed by atoms with E-state index in [0.717, 1.165) is 17.3 Å².